The molecule has 110 valence electrons. The van der Waals surface area contributed by atoms with E-state index in [-0.39, 0.29) is 11.6 Å². The Morgan fingerprint density at radius 2 is 2.05 bits per heavy atom. The minimum atomic E-state index is -0.264. The highest BCUT2D eigenvalue weighted by Gasteiger charge is 2.06. The van der Waals surface area contributed by atoms with Crippen LogP contribution < -0.4 is 5.32 Å². The number of anilines is 1. The number of hydrogen-bond acceptors (Lipinski definition) is 4. The Balaban J connectivity index is 1.72. The molecule has 0 saturated heterocycles. The Bertz CT molecular complexity index is 875. The minimum absolute atomic E-state index is 0.151. The molecule has 0 aliphatic rings. The molecule has 0 bridgehead atoms. The molecule has 0 unspecified atom stereocenters. The van der Waals surface area contributed by atoms with Crippen LogP contribution in [-0.2, 0) is 0 Å². The molecule has 0 amide bonds. The smallest absolute Gasteiger partial charge is 0.143 e. The highest BCUT2D eigenvalue weighted by molar-refractivity contribution is 7.18. The fraction of sp³-hybridized carbons (Fsp3) is 0.118. The van der Waals surface area contributed by atoms with E-state index in [0.717, 1.165) is 21.0 Å². The van der Waals surface area contributed by atoms with Crippen molar-refractivity contribution < 1.29 is 9.50 Å². The van der Waals surface area contributed by atoms with Crippen LogP contribution in [0.2, 0.25) is 0 Å². The number of phenols is 1. The third-order valence-corrected chi connectivity index (χ3v) is 3.96. The number of fused-ring (bicyclic) bond motifs is 1. The number of rotatable bonds is 2. The normalized spacial score (nSPS) is 10.3. The number of halogens is 1. The summed E-state index contributed by atoms with van der Waals surface area (Å²) in [7, 11) is 0. The van der Waals surface area contributed by atoms with Crippen molar-refractivity contribution in [2.75, 3.05) is 11.9 Å². The Morgan fingerprint density at radius 1 is 1.27 bits per heavy atom. The maximum Gasteiger partial charge on any atom is 0.143 e. The van der Waals surface area contributed by atoms with Gasteiger partial charge < -0.3 is 10.4 Å². The van der Waals surface area contributed by atoms with Gasteiger partial charge in [-0.2, -0.15) is 0 Å². The third-order valence-electron chi connectivity index (χ3n) is 3.04. The maximum atomic E-state index is 12.8. The van der Waals surface area contributed by atoms with Crippen LogP contribution in [0.25, 0.3) is 10.2 Å². The van der Waals surface area contributed by atoms with E-state index >= 15 is 0 Å². The Hall–Kier alpha value is -2.58. The number of hydrogen-bond donors (Lipinski definition) is 2. The molecule has 0 saturated carbocycles. The topological polar surface area (TPSA) is 45.2 Å². The van der Waals surface area contributed by atoms with Gasteiger partial charge in [0.05, 0.1) is 16.3 Å². The summed E-state index contributed by atoms with van der Waals surface area (Å²) in [6, 6.07) is 9.66. The van der Waals surface area contributed by atoms with Gasteiger partial charge in [0.1, 0.15) is 17.1 Å². The molecular formula is C17H13FN2OS. The van der Waals surface area contributed by atoms with Crippen molar-refractivity contribution in [3.8, 4) is 17.6 Å². The van der Waals surface area contributed by atoms with E-state index in [1.807, 2.05) is 13.0 Å². The van der Waals surface area contributed by atoms with Crippen molar-refractivity contribution in [1.29, 1.82) is 0 Å². The van der Waals surface area contributed by atoms with Crippen LogP contribution in [0.4, 0.5) is 10.1 Å². The Labute approximate surface area is 131 Å². The second kappa shape index (κ2) is 6.04. The standard InChI is InChI=1S/C17H13FN2OS/c1-11-20-17-15(21)9-12(10-16(17)22-11)3-2-8-19-14-6-4-13(18)5-7-14/h4-7,9-10,19,21H,8H2,1H3. The van der Waals surface area contributed by atoms with Gasteiger partial charge in [0, 0.05) is 11.3 Å². The van der Waals surface area contributed by atoms with Gasteiger partial charge in [-0.1, -0.05) is 11.8 Å². The summed E-state index contributed by atoms with van der Waals surface area (Å²) < 4.78 is 13.7. The molecule has 0 aliphatic carbocycles. The number of phenolic OH excluding ortho intramolecular Hbond substituents is 1. The lowest BCUT2D eigenvalue weighted by molar-refractivity contribution is 0.480. The number of benzene rings is 2. The summed E-state index contributed by atoms with van der Waals surface area (Å²) in [5.74, 6) is 5.87. The van der Waals surface area contributed by atoms with E-state index in [9.17, 15) is 9.50 Å². The van der Waals surface area contributed by atoms with Crippen LogP contribution in [0.3, 0.4) is 0 Å². The van der Waals surface area contributed by atoms with Gasteiger partial charge in [-0.3, -0.25) is 0 Å². The van der Waals surface area contributed by atoms with Crippen LogP contribution in [0.5, 0.6) is 5.75 Å². The summed E-state index contributed by atoms with van der Waals surface area (Å²) >= 11 is 1.53. The maximum absolute atomic E-state index is 12.8. The highest BCUT2D eigenvalue weighted by Crippen LogP contribution is 2.30. The number of thiazole rings is 1. The average molecular weight is 312 g/mol. The zero-order valence-electron chi connectivity index (χ0n) is 11.9. The molecule has 2 N–H and O–H groups in total. The van der Waals surface area contributed by atoms with Crippen LogP contribution in [0.1, 0.15) is 10.6 Å². The van der Waals surface area contributed by atoms with Crippen LogP contribution in [0, 0.1) is 24.6 Å². The average Bonchev–Trinajstić information content (AvgIpc) is 2.86. The van der Waals surface area contributed by atoms with E-state index in [2.05, 4.69) is 22.1 Å². The number of aryl methyl sites for hydroxylation is 1. The van der Waals surface area contributed by atoms with Crippen LogP contribution in [-0.4, -0.2) is 16.6 Å². The van der Waals surface area contributed by atoms with Crippen molar-refractivity contribution >= 4 is 27.2 Å². The summed E-state index contributed by atoms with van der Waals surface area (Å²) in [5, 5.41) is 13.9. The minimum Gasteiger partial charge on any atom is -0.506 e. The van der Waals surface area contributed by atoms with Gasteiger partial charge >= 0.3 is 0 Å². The van der Waals surface area contributed by atoms with Crippen LogP contribution >= 0.6 is 11.3 Å². The number of aromatic hydroxyl groups is 1. The number of nitrogens with zero attached hydrogens (tertiary/aromatic N) is 1. The molecule has 1 aromatic heterocycles. The van der Waals surface area contributed by atoms with Crippen molar-refractivity contribution in [3.63, 3.8) is 0 Å². The quantitative estimate of drug-likeness (QED) is 0.705. The molecule has 22 heavy (non-hydrogen) atoms. The largest absolute Gasteiger partial charge is 0.506 e. The van der Waals surface area contributed by atoms with Gasteiger partial charge in [0.15, 0.2) is 0 Å². The predicted molar refractivity (Wildman–Crippen MR) is 87.8 cm³/mol. The summed E-state index contributed by atoms with van der Waals surface area (Å²) in [4.78, 5) is 4.27. The molecule has 1 heterocycles. The second-order valence-corrected chi connectivity index (χ2v) is 5.97. The number of nitrogens with one attached hydrogen (secondary N) is 1. The van der Waals surface area contributed by atoms with Crippen molar-refractivity contribution in [2.45, 2.75) is 6.92 Å². The summed E-state index contributed by atoms with van der Waals surface area (Å²) in [6.07, 6.45) is 0. The van der Waals surface area contributed by atoms with E-state index in [1.165, 1.54) is 23.5 Å². The first-order valence-corrected chi connectivity index (χ1v) is 7.52. The predicted octanol–water partition coefficient (Wildman–Crippen LogP) is 3.91. The Morgan fingerprint density at radius 3 is 2.82 bits per heavy atom. The van der Waals surface area contributed by atoms with E-state index in [0.29, 0.717) is 12.1 Å². The van der Waals surface area contributed by atoms with Gasteiger partial charge in [-0.15, -0.1) is 11.3 Å². The molecule has 2 aromatic carbocycles. The highest BCUT2D eigenvalue weighted by atomic mass is 32.1. The second-order valence-electron chi connectivity index (χ2n) is 4.74. The molecular weight excluding hydrogens is 299 g/mol. The first-order chi connectivity index (χ1) is 10.6. The van der Waals surface area contributed by atoms with Crippen LogP contribution in [0.15, 0.2) is 36.4 Å². The van der Waals surface area contributed by atoms with Gasteiger partial charge in [0.25, 0.3) is 0 Å². The lowest BCUT2D eigenvalue weighted by Crippen LogP contribution is -1.98. The molecule has 3 nitrogen and oxygen atoms in total. The molecule has 0 spiro atoms. The monoisotopic (exact) mass is 312 g/mol. The van der Waals surface area contributed by atoms with E-state index in [1.54, 1.807) is 18.2 Å². The molecule has 0 atom stereocenters. The van der Waals surface area contributed by atoms with Crippen molar-refractivity contribution in [2.24, 2.45) is 0 Å². The summed E-state index contributed by atoms with van der Waals surface area (Å²) in [6.45, 7) is 2.34. The Kier molecular flexibility index (Phi) is 3.94. The lowest BCUT2D eigenvalue weighted by atomic mass is 10.2. The SMILES string of the molecule is Cc1nc2c(O)cc(C#CCNc3ccc(F)cc3)cc2s1. The van der Waals surface area contributed by atoms with Gasteiger partial charge in [-0.25, -0.2) is 9.37 Å². The molecule has 0 fully saturated rings. The fourth-order valence-corrected chi connectivity index (χ4v) is 2.94. The summed E-state index contributed by atoms with van der Waals surface area (Å²) in [5.41, 5.74) is 2.18. The molecule has 0 aliphatic heterocycles. The van der Waals surface area contributed by atoms with Gasteiger partial charge in [-0.05, 0) is 43.3 Å². The van der Waals surface area contributed by atoms with Crippen molar-refractivity contribution in [3.05, 3.63) is 52.8 Å². The zero-order chi connectivity index (χ0) is 15.5. The molecule has 3 aromatic rings. The molecule has 3 rings (SSSR count). The number of aromatic nitrogens is 1. The third kappa shape index (κ3) is 3.18. The van der Waals surface area contributed by atoms with E-state index < -0.39 is 0 Å². The first kappa shape index (κ1) is 14.4. The lowest BCUT2D eigenvalue weighted by Gasteiger charge is -2.00. The molecule has 5 heteroatoms. The van der Waals surface area contributed by atoms with E-state index in [4.69, 9.17) is 0 Å². The van der Waals surface area contributed by atoms with Crippen molar-refractivity contribution in [1.82, 2.24) is 4.98 Å². The fourth-order valence-electron chi connectivity index (χ4n) is 2.06. The zero-order valence-corrected chi connectivity index (χ0v) is 12.7. The van der Waals surface area contributed by atoms with Gasteiger partial charge in [0.2, 0.25) is 0 Å². The molecule has 0 radical (unpaired) electrons. The first-order valence-electron chi connectivity index (χ1n) is 6.70.